The van der Waals surface area contributed by atoms with Gasteiger partial charge in [0.2, 0.25) is 5.75 Å². The number of benzene rings is 3. The van der Waals surface area contributed by atoms with Crippen molar-refractivity contribution >= 4 is 41.3 Å². The van der Waals surface area contributed by atoms with Gasteiger partial charge >= 0.3 is 5.97 Å². The first kappa shape index (κ1) is 27.6. The molecule has 0 saturated carbocycles. The molecule has 1 N–H and O–H groups in total. The maximum Gasteiger partial charge on any atom is 0.345 e. The van der Waals surface area contributed by atoms with Crippen LogP contribution in [0.1, 0.15) is 33.2 Å². The molecule has 0 saturated heterocycles. The highest BCUT2D eigenvalue weighted by Crippen LogP contribution is 2.38. The molecule has 0 aliphatic heterocycles. The molecule has 0 aliphatic rings. The number of rotatable bonds is 10. The second-order valence-corrected chi connectivity index (χ2v) is 8.11. The van der Waals surface area contributed by atoms with Gasteiger partial charge in [-0.2, -0.15) is 5.10 Å². The van der Waals surface area contributed by atoms with E-state index in [1.54, 1.807) is 31.2 Å². The first-order chi connectivity index (χ1) is 17.8. The van der Waals surface area contributed by atoms with E-state index in [1.807, 2.05) is 0 Å². The molecule has 0 atom stereocenters. The molecule has 3 aromatic carbocycles. The van der Waals surface area contributed by atoms with Crippen molar-refractivity contribution in [1.29, 1.82) is 0 Å². The van der Waals surface area contributed by atoms with Crippen molar-refractivity contribution in [2.24, 2.45) is 5.10 Å². The van der Waals surface area contributed by atoms with Crippen LogP contribution >= 0.6 is 23.2 Å². The van der Waals surface area contributed by atoms with Gasteiger partial charge in [0, 0.05) is 10.6 Å². The van der Waals surface area contributed by atoms with Gasteiger partial charge in [-0.15, -0.1) is 0 Å². The van der Waals surface area contributed by atoms with Crippen molar-refractivity contribution in [2.45, 2.75) is 6.92 Å². The van der Waals surface area contributed by atoms with Crippen LogP contribution in [-0.2, 0) is 0 Å². The first-order valence-electron chi connectivity index (χ1n) is 10.9. The molecule has 0 bridgehead atoms. The van der Waals surface area contributed by atoms with Gasteiger partial charge in [0.1, 0.15) is 0 Å². The van der Waals surface area contributed by atoms with Gasteiger partial charge in [-0.1, -0.05) is 23.2 Å². The third kappa shape index (κ3) is 6.84. The minimum Gasteiger partial charge on any atom is -0.493 e. The first-order valence-corrected chi connectivity index (χ1v) is 11.6. The smallest absolute Gasteiger partial charge is 0.345 e. The molecule has 0 radical (unpaired) electrons. The highest BCUT2D eigenvalue weighted by atomic mass is 35.5. The van der Waals surface area contributed by atoms with Gasteiger partial charge in [-0.3, -0.25) is 4.79 Å². The number of carbonyl (C=O) groups excluding carboxylic acids is 2. The van der Waals surface area contributed by atoms with Crippen molar-refractivity contribution in [1.82, 2.24) is 5.43 Å². The van der Waals surface area contributed by atoms with E-state index in [2.05, 4.69) is 10.5 Å². The number of hydrogen-bond donors (Lipinski definition) is 1. The Morgan fingerprint density at radius 3 is 2.19 bits per heavy atom. The van der Waals surface area contributed by atoms with Gasteiger partial charge in [0.15, 0.2) is 23.0 Å². The average molecular weight is 547 g/mol. The second kappa shape index (κ2) is 12.8. The number of carbonyl (C=O) groups is 2. The van der Waals surface area contributed by atoms with E-state index >= 15 is 0 Å². The summed E-state index contributed by atoms with van der Waals surface area (Å²) in [5.41, 5.74) is 3.44. The molecule has 3 rings (SSSR count). The highest BCUT2D eigenvalue weighted by Gasteiger charge is 2.18. The number of esters is 1. The van der Waals surface area contributed by atoms with Gasteiger partial charge < -0.3 is 23.7 Å². The lowest BCUT2D eigenvalue weighted by Crippen LogP contribution is -2.18. The van der Waals surface area contributed by atoms with Gasteiger partial charge in [0.05, 0.1) is 44.7 Å². The Kier molecular flexibility index (Phi) is 9.59. The molecule has 0 unspecified atom stereocenters. The molecule has 9 nitrogen and oxygen atoms in total. The Bertz CT molecular complexity index is 1300. The molecule has 0 spiro atoms. The predicted octanol–water partition coefficient (Wildman–Crippen LogP) is 5.40. The van der Waals surface area contributed by atoms with Crippen LogP contribution in [0.25, 0.3) is 0 Å². The average Bonchev–Trinajstić information content (AvgIpc) is 2.89. The van der Waals surface area contributed by atoms with Crippen molar-refractivity contribution < 1.29 is 33.3 Å². The van der Waals surface area contributed by atoms with Crippen LogP contribution in [-0.4, -0.2) is 46.0 Å². The van der Waals surface area contributed by atoms with Gasteiger partial charge in [-0.05, 0) is 61.0 Å². The summed E-state index contributed by atoms with van der Waals surface area (Å²) in [6, 6.07) is 12.3. The number of halogens is 2. The fraction of sp³-hybridized carbons (Fsp3) is 0.192. The molecule has 0 fully saturated rings. The Morgan fingerprint density at radius 1 is 0.892 bits per heavy atom. The summed E-state index contributed by atoms with van der Waals surface area (Å²) in [6.07, 6.45) is 1.42. The molecular formula is C26H24Cl2N2O7. The lowest BCUT2D eigenvalue weighted by Gasteiger charge is -2.13. The number of methoxy groups -OCH3 is 3. The second-order valence-electron chi connectivity index (χ2n) is 7.27. The summed E-state index contributed by atoms with van der Waals surface area (Å²) in [5.74, 6) is 0.377. The van der Waals surface area contributed by atoms with Crippen LogP contribution in [0, 0.1) is 0 Å². The fourth-order valence-electron chi connectivity index (χ4n) is 3.21. The zero-order chi connectivity index (χ0) is 26.9. The minimum absolute atomic E-state index is 0.161. The molecule has 37 heavy (non-hydrogen) atoms. The van der Waals surface area contributed by atoms with E-state index in [0.29, 0.717) is 40.2 Å². The SMILES string of the molecule is CCOc1cc(/C=N\NC(=O)c2cc(OC)c(OC)c(OC)c2)ccc1OC(=O)c1ccc(Cl)cc1Cl. The number of nitrogens with one attached hydrogen (secondary N) is 1. The number of hydrogen-bond acceptors (Lipinski definition) is 8. The van der Waals surface area contributed by atoms with Crippen molar-refractivity contribution in [3.63, 3.8) is 0 Å². The van der Waals surface area contributed by atoms with Crippen LogP contribution in [0.4, 0.5) is 0 Å². The topological polar surface area (TPSA) is 105 Å². The zero-order valence-electron chi connectivity index (χ0n) is 20.5. The van der Waals surface area contributed by atoms with E-state index in [0.717, 1.165) is 0 Å². The molecule has 1 amide bonds. The number of amides is 1. The molecule has 11 heteroatoms. The molecule has 0 heterocycles. The third-order valence-corrected chi connectivity index (χ3v) is 5.48. The van der Waals surface area contributed by atoms with Gasteiger partial charge in [0.25, 0.3) is 5.91 Å². The quantitative estimate of drug-likeness (QED) is 0.157. The molecule has 0 aliphatic carbocycles. The monoisotopic (exact) mass is 546 g/mol. The third-order valence-electron chi connectivity index (χ3n) is 4.93. The largest absolute Gasteiger partial charge is 0.493 e. The minimum atomic E-state index is -0.665. The molecule has 194 valence electrons. The standard InChI is InChI=1S/C26H24Cl2N2O7/c1-5-36-21-10-15(6-9-20(21)37-26(32)18-8-7-17(27)13-19(18)28)14-29-30-25(31)16-11-22(33-2)24(35-4)23(12-16)34-3/h6-14H,5H2,1-4H3,(H,30,31)/b29-14-. The van der Waals surface area contributed by atoms with Crippen LogP contribution < -0.4 is 29.1 Å². The summed E-state index contributed by atoms with van der Waals surface area (Å²) in [6.45, 7) is 2.12. The van der Waals surface area contributed by atoms with E-state index in [-0.39, 0.29) is 21.9 Å². The van der Waals surface area contributed by atoms with E-state index < -0.39 is 11.9 Å². The Morgan fingerprint density at radius 2 is 1.59 bits per heavy atom. The van der Waals surface area contributed by atoms with E-state index in [1.165, 1.54) is 51.8 Å². The molecular weight excluding hydrogens is 523 g/mol. The van der Waals surface area contributed by atoms with E-state index in [4.69, 9.17) is 46.9 Å². The van der Waals surface area contributed by atoms with E-state index in [9.17, 15) is 9.59 Å². The molecule has 0 aromatic heterocycles. The zero-order valence-corrected chi connectivity index (χ0v) is 22.0. The van der Waals surface area contributed by atoms with Crippen molar-refractivity contribution in [3.05, 3.63) is 75.3 Å². The van der Waals surface area contributed by atoms with Crippen LogP contribution in [0.3, 0.4) is 0 Å². The Balaban J connectivity index is 1.75. The van der Waals surface area contributed by atoms with Gasteiger partial charge in [-0.25, -0.2) is 10.2 Å². The van der Waals surface area contributed by atoms with Crippen LogP contribution in [0.5, 0.6) is 28.7 Å². The lowest BCUT2D eigenvalue weighted by atomic mass is 10.1. The highest BCUT2D eigenvalue weighted by molar-refractivity contribution is 6.36. The van der Waals surface area contributed by atoms with Crippen molar-refractivity contribution in [2.75, 3.05) is 27.9 Å². The Labute approximate surface area is 223 Å². The summed E-state index contributed by atoms with van der Waals surface area (Å²) in [4.78, 5) is 25.2. The van der Waals surface area contributed by atoms with Crippen molar-refractivity contribution in [3.8, 4) is 28.7 Å². The summed E-state index contributed by atoms with van der Waals surface area (Å²) >= 11 is 12.0. The Hall–Kier alpha value is -3.95. The fourth-order valence-corrected chi connectivity index (χ4v) is 3.70. The maximum absolute atomic E-state index is 12.6. The number of ether oxygens (including phenoxy) is 5. The van der Waals surface area contributed by atoms with Crippen LogP contribution in [0.15, 0.2) is 53.6 Å². The molecule has 3 aromatic rings. The normalized spacial score (nSPS) is 10.6. The summed E-state index contributed by atoms with van der Waals surface area (Å²) in [5, 5.41) is 4.57. The lowest BCUT2D eigenvalue weighted by molar-refractivity contribution is 0.0728. The predicted molar refractivity (Wildman–Crippen MR) is 140 cm³/mol. The summed E-state index contributed by atoms with van der Waals surface area (Å²) < 4.78 is 26.9. The number of hydrazone groups is 1. The number of nitrogens with zero attached hydrogens (tertiary/aromatic N) is 1. The summed E-state index contributed by atoms with van der Waals surface area (Å²) in [7, 11) is 4.39. The maximum atomic E-state index is 12.6. The van der Waals surface area contributed by atoms with Crippen LogP contribution in [0.2, 0.25) is 10.0 Å².